The Hall–Kier alpha value is -1.36. The van der Waals surface area contributed by atoms with E-state index in [9.17, 15) is 4.79 Å². The maximum Gasteiger partial charge on any atom is 0.257 e. The van der Waals surface area contributed by atoms with Crippen LogP contribution in [0.5, 0.6) is 0 Å². The van der Waals surface area contributed by atoms with Crippen molar-refractivity contribution in [2.75, 3.05) is 13.1 Å². The first-order valence-electron chi connectivity index (χ1n) is 5.18. The van der Waals surface area contributed by atoms with E-state index in [1.807, 2.05) is 6.92 Å². The molecule has 1 aromatic rings. The molecule has 0 aliphatic rings. The fourth-order valence-corrected chi connectivity index (χ4v) is 1.64. The second-order valence-corrected chi connectivity index (χ2v) is 4.11. The molecule has 0 aliphatic carbocycles. The molecule has 1 aromatic heterocycles. The molecule has 0 spiro atoms. The van der Waals surface area contributed by atoms with Gasteiger partial charge in [-0.1, -0.05) is 19.1 Å². The summed E-state index contributed by atoms with van der Waals surface area (Å²) in [5.74, 6) is 0.537. The van der Waals surface area contributed by atoms with Crippen molar-refractivity contribution in [1.82, 2.24) is 4.90 Å². The van der Waals surface area contributed by atoms with Crippen LogP contribution in [0.3, 0.4) is 0 Å². The zero-order chi connectivity index (χ0) is 12.1. The van der Waals surface area contributed by atoms with Crippen molar-refractivity contribution in [1.29, 1.82) is 0 Å². The molecule has 0 unspecified atom stereocenters. The molecule has 0 fully saturated rings. The fraction of sp³-hybridized carbons (Fsp3) is 0.455. The molecule has 0 saturated heterocycles. The highest BCUT2D eigenvalue weighted by Gasteiger charge is 2.18. The standard InChI is InChI=1S/C11H16N2O2S/c1-3-5-13(7-10(12)16)11(14)9-4-6-15-8(9)2/h4,6H,3,5,7H2,1-2H3,(H2,12,16). The molecule has 2 N–H and O–H groups in total. The fourth-order valence-electron chi connectivity index (χ4n) is 1.49. The van der Waals surface area contributed by atoms with Gasteiger partial charge in [0.1, 0.15) is 5.76 Å². The van der Waals surface area contributed by atoms with Crippen molar-refractivity contribution < 1.29 is 9.21 Å². The second-order valence-electron chi connectivity index (χ2n) is 3.58. The highest BCUT2D eigenvalue weighted by Crippen LogP contribution is 2.12. The Morgan fingerprint density at radius 2 is 2.31 bits per heavy atom. The number of furan rings is 1. The van der Waals surface area contributed by atoms with Gasteiger partial charge in [0.15, 0.2) is 0 Å². The van der Waals surface area contributed by atoms with Gasteiger partial charge in [-0.15, -0.1) is 0 Å². The van der Waals surface area contributed by atoms with Crippen LogP contribution in [0.25, 0.3) is 0 Å². The first-order valence-corrected chi connectivity index (χ1v) is 5.58. The molecular weight excluding hydrogens is 224 g/mol. The van der Waals surface area contributed by atoms with Gasteiger partial charge in [0.05, 0.1) is 23.4 Å². The zero-order valence-electron chi connectivity index (χ0n) is 9.53. The lowest BCUT2D eigenvalue weighted by Gasteiger charge is -2.20. The van der Waals surface area contributed by atoms with Crippen molar-refractivity contribution in [3.05, 3.63) is 23.7 Å². The van der Waals surface area contributed by atoms with Gasteiger partial charge in [0.2, 0.25) is 0 Å². The summed E-state index contributed by atoms with van der Waals surface area (Å²) in [6, 6.07) is 1.67. The minimum atomic E-state index is -0.0825. The average Bonchev–Trinajstić information content (AvgIpc) is 2.62. The first kappa shape index (κ1) is 12.7. The lowest BCUT2D eigenvalue weighted by atomic mass is 10.2. The number of hydrogen-bond acceptors (Lipinski definition) is 3. The maximum atomic E-state index is 12.1. The van der Waals surface area contributed by atoms with Crippen LogP contribution >= 0.6 is 12.2 Å². The van der Waals surface area contributed by atoms with E-state index in [-0.39, 0.29) is 5.91 Å². The summed E-state index contributed by atoms with van der Waals surface area (Å²) in [5.41, 5.74) is 6.04. The first-order chi connectivity index (χ1) is 7.56. The summed E-state index contributed by atoms with van der Waals surface area (Å²) < 4.78 is 5.11. The molecule has 4 nitrogen and oxygen atoms in total. The van der Waals surface area contributed by atoms with Gasteiger partial charge in [0.25, 0.3) is 5.91 Å². The molecule has 0 radical (unpaired) electrons. The van der Waals surface area contributed by atoms with E-state index in [0.29, 0.717) is 29.4 Å². The third-order valence-electron chi connectivity index (χ3n) is 2.22. The summed E-state index contributed by atoms with van der Waals surface area (Å²) in [5, 5.41) is 0. The Bertz CT molecular complexity index is 387. The SMILES string of the molecule is CCCN(CC(N)=S)C(=O)c1ccoc1C. The lowest BCUT2D eigenvalue weighted by molar-refractivity contribution is 0.0778. The van der Waals surface area contributed by atoms with E-state index >= 15 is 0 Å². The van der Waals surface area contributed by atoms with E-state index in [2.05, 4.69) is 0 Å². The molecule has 1 rings (SSSR count). The van der Waals surface area contributed by atoms with Crippen molar-refractivity contribution in [2.24, 2.45) is 5.73 Å². The Balaban J connectivity index is 2.82. The molecule has 1 heterocycles. The van der Waals surface area contributed by atoms with E-state index in [1.54, 1.807) is 17.9 Å². The van der Waals surface area contributed by atoms with Crippen LogP contribution in [0.4, 0.5) is 0 Å². The van der Waals surface area contributed by atoms with Gasteiger partial charge >= 0.3 is 0 Å². The van der Waals surface area contributed by atoms with Crippen molar-refractivity contribution >= 4 is 23.1 Å². The van der Waals surface area contributed by atoms with E-state index < -0.39 is 0 Å². The van der Waals surface area contributed by atoms with E-state index in [0.717, 1.165) is 6.42 Å². The molecule has 0 saturated carbocycles. The van der Waals surface area contributed by atoms with E-state index in [1.165, 1.54) is 6.26 Å². The van der Waals surface area contributed by atoms with Crippen LogP contribution in [0.2, 0.25) is 0 Å². The van der Waals surface area contributed by atoms with Crippen LogP contribution in [0, 0.1) is 6.92 Å². The van der Waals surface area contributed by atoms with Crippen LogP contribution in [0.1, 0.15) is 29.5 Å². The molecule has 16 heavy (non-hydrogen) atoms. The third kappa shape index (κ3) is 3.06. The smallest absolute Gasteiger partial charge is 0.257 e. The summed E-state index contributed by atoms with van der Waals surface area (Å²) in [7, 11) is 0. The number of aryl methyl sites for hydroxylation is 1. The third-order valence-corrected chi connectivity index (χ3v) is 2.35. The van der Waals surface area contributed by atoms with Crippen LogP contribution in [0.15, 0.2) is 16.7 Å². The molecule has 0 atom stereocenters. The predicted molar refractivity (Wildman–Crippen MR) is 66.4 cm³/mol. The minimum Gasteiger partial charge on any atom is -0.469 e. The molecular formula is C11H16N2O2S. The minimum absolute atomic E-state index is 0.0825. The van der Waals surface area contributed by atoms with Gasteiger partial charge in [-0.05, 0) is 19.4 Å². The van der Waals surface area contributed by atoms with Crippen LogP contribution in [-0.2, 0) is 0 Å². The summed E-state index contributed by atoms with van der Waals surface area (Å²) in [6.07, 6.45) is 2.37. The monoisotopic (exact) mass is 240 g/mol. The number of carbonyl (C=O) groups is 1. The maximum absolute atomic E-state index is 12.1. The van der Waals surface area contributed by atoms with Gasteiger partial charge < -0.3 is 15.1 Å². The van der Waals surface area contributed by atoms with Crippen molar-refractivity contribution in [3.8, 4) is 0 Å². The van der Waals surface area contributed by atoms with Crippen molar-refractivity contribution in [2.45, 2.75) is 20.3 Å². The van der Waals surface area contributed by atoms with Crippen LogP contribution < -0.4 is 5.73 Å². The zero-order valence-corrected chi connectivity index (χ0v) is 10.3. The number of amides is 1. The molecule has 0 aromatic carbocycles. The second kappa shape index (κ2) is 5.65. The highest BCUT2D eigenvalue weighted by atomic mass is 32.1. The number of nitrogens with zero attached hydrogens (tertiary/aromatic N) is 1. The summed E-state index contributed by atoms with van der Waals surface area (Å²) in [4.78, 5) is 14.1. The Kier molecular flexibility index (Phi) is 4.49. The summed E-state index contributed by atoms with van der Waals surface area (Å²) >= 11 is 4.83. The highest BCUT2D eigenvalue weighted by molar-refractivity contribution is 7.80. The molecule has 88 valence electrons. The van der Waals surface area contributed by atoms with E-state index in [4.69, 9.17) is 22.4 Å². The average molecular weight is 240 g/mol. The lowest BCUT2D eigenvalue weighted by Crippen LogP contribution is -2.38. The predicted octanol–water partition coefficient (Wildman–Crippen LogP) is 1.73. The number of thiocarbonyl (C=S) groups is 1. The Morgan fingerprint density at radius 1 is 1.62 bits per heavy atom. The van der Waals surface area contributed by atoms with Crippen molar-refractivity contribution in [3.63, 3.8) is 0 Å². The van der Waals surface area contributed by atoms with Gasteiger partial charge in [-0.25, -0.2) is 0 Å². The summed E-state index contributed by atoms with van der Waals surface area (Å²) in [6.45, 7) is 4.72. The molecule has 0 aliphatic heterocycles. The Morgan fingerprint density at radius 3 is 2.75 bits per heavy atom. The van der Waals surface area contributed by atoms with Gasteiger partial charge in [-0.2, -0.15) is 0 Å². The van der Waals surface area contributed by atoms with Gasteiger partial charge in [-0.3, -0.25) is 4.79 Å². The molecule has 0 bridgehead atoms. The van der Waals surface area contributed by atoms with Gasteiger partial charge in [0, 0.05) is 6.54 Å². The number of hydrogen-bond donors (Lipinski definition) is 1. The normalized spacial score (nSPS) is 10.1. The number of rotatable bonds is 5. The number of nitrogens with two attached hydrogens (primary N) is 1. The molecule has 5 heteroatoms. The Labute approximate surface area is 100 Å². The molecule has 1 amide bonds. The largest absolute Gasteiger partial charge is 0.469 e. The quantitative estimate of drug-likeness (QED) is 0.796. The number of carbonyl (C=O) groups excluding carboxylic acids is 1. The topological polar surface area (TPSA) is 59.5 Å². The van der Waals surface area contributed by atoms with Crippen LogP contribution in [-0.4, -0.2) is 28.9 Å².